The predicted molar refractivity (Wildman–Crippen MR) is 110 cm³/mol. The minimum absolute atomic E-state index is 0.0832. The highest BCUT2D eigenvalue weighted by atomic mass is 32.2. The molecule has 0 aliphatic carbocycles. The number of benzene rings is 2. The van der Waals surface area contributed by atoms with Crippen molar-refractivity contribution in [1.82, 2.24) is 4.31 Å². The Morgan fingerprint density at radius 1 is 1.17 bits per heavy atom. The molecular weight excluding hydrogens is 394 g/mol. The number of hydrogen-bond donors (Lipinski definition) is 2. The summed E-state index contributed by atoms with van der Waals surface area (Å²) < 4.78 is 27.5. The third kappa shape index (κ3) is 4.75. The lowest BCUT2D eigenvalue weighted by Crippen LogP contribution is -2.42. The normalized spacial score (nSPS) is 20.4. The molecule has 0 saturated carbocycles. The van der Waals surface area contributed by atoms with Crippen LogP contribution in [-0.4, -0.2) is 35.8 Å². The molecule has 2 aromatic rings. The van der Waals surface area contributed by atoms with E-state index >= 15 is 0 Å². The number of aliphatic hydroxyl groups is 1. The van der Waals surface area contributed by atoms with Crippen LogP contribution in [0.2, 0.25) is 0 Å². The third-order valence-corrected chi connectivity index (χ3v) is 6.86. The fraction of sp³-hybridized carbons (Fsp3) is 0.400. The second kappa shape index (κ2) is 8.48. The first-order valence-electron chi connectivity index (χ1n) is 9.46. The van der Waals surface area contributed by atoms with Crippen molar-refractivity contribution >= 4 is 27.1 Å². The lowest BCUT2D eigenvalue weighted by atomic mass is 9.94. The fourth-order valence-electron chi connectivity index (χ4n) is 3.78. The van der Waals surface area contributed by atoms with Crippen molar-refractivity contribution in [3.63, 3.8) is 0 Å². The highest BCUT2D eigenvalue weighted by Crippen LogP contribution is 2.33. The summed E-state index contributed by atoms with van der Waals surface area (Å²) in [4.78, 5) is 10.9. The summed E-state index contributed by atoms with van der Waals surface area (Å²) in [6.45, 7) is 4.69. The average molecular weight is 420 g/mol. The number of rotatable bonds is 6. The van der Waals surface area contributed by atoms with Gasteiger partial charge in [-0.15, -0.1) is 0 Å². The summed E-state index contributed by atoms with van der Waals surface area (Å²) in [5.74, 6) is 0.478. The molecule has 1 aliphatic heterocycles. The molecule has 0 aromatic heterocycles. The zero-order chi connectivity index (χ0) is 21.2. The third-order valence-electron chi connectivity index (χ3n) is 5.03. The number of nitrogens with zero attached hydrogens (tertiary/aromatic N) is 2. The lowest BCUT2D eigenvalue weighted by Gasteiger charge is -2.34. The van der Waals surface area contributed by atoms with Gasteiger partial charge in [-0.25, -0.2) is 8.42 Å². The molecule has 1 saturated heterocycles. The van der Waals surface area contributed by atoms with Crippen LogP contribution in [0.5, 0.6) is 0 Å². The molecule has 0 spiro atoms. The highest BCUT2D eigenvalue weighted by molar-refractivity contribution is 7.89. The first-order valence-corrected chi connectivity index (χ1v) is 10.9. The van der Waals surface area contributed by atoms with Gasteiger partial charge in [0, 0.05) is 24.8 Å². The number of nitrogens with one attached hydrogen (secondary N) is 1. The maximum atomic E-state index is 13.1. The molecule has 3 rings (SSSR count). The molecule has 0 radical (unpaired) electrons. The lowest BCUT2D eigenvalue weighted by molar-refractivity contribution is -0.384. The molecule has 0 bridgehead atoms. The molecule has 29 heavy (non-hydrogen) atoms. The molecule has 2 N–H and O–H groups in total. The SMILES string of the molecule is C[C@@H]1C[C@H](C)CN(S(=O)(=O)c2ccc(Nc3cccc(CO)c3)c([N+](=O)[O-])c2)C1. The van der Waals surface area contributed by atoms with E-state index < -0.39 is 14.9 Å². The van der Waals surface area contributed by atoms with Gasteiger partial charge in [0.2, 0.25) is 10.0 Å². The van der Waals surface area contributed by atoms with E-state index in [-0.39, 0.29) is 34.7 Å². The second-order valence-corrected chi connectivity index (χ2v) is 9.63. The molecule has 0 unspecified atom stereocenters. The van der Waals surface area contributed by atoms with E-state index in [0.29, 0.717) is 24.3 Å². The van der Waals surface area contributed by atoms with Crippen LogP contribution in [0.25, 0.3) is 0 Å². The zero-order valence-electron chi connectivity index (χ0n) is 16.4. The van der Waals surface area contributed by atoms with Gasteiger partial charge in [-0.1, -0.05) is 26.0 Å². The highest BCUT2D eigenvalue weighted by Gasteiger charge is 2.33. The molecular formula is C20H25N3O5S. The van der Waals surface area contributed by atoms with E-state index in [9.17, 15) is 23.6 Å². The monoisotopic (exact) mass is 419 g/mol. The van der Waals surface area contributed by atoms with Gasteiger partial charge in [0.25, 0.3) is 5.69 Å². The Labute approximate surface area is 170 Å². The number of nitro benzene ring substituents is 1. The van der Waals surface area contributed by atoms with Crippen LogP contribution in [0.3, 0.4) is 0 Å². The summed E-state index contributed by atoms with van der Waals surface area (Å²) in [7, 11) is -3.82. The average Bonchev–Trinajstić information content (AvgIpc) is 2.67. The molecule has 1 fully saturated rings. The Hall–Kier alpha value is -2.49. The standard InChI is InChI=1S/C20H25N3O5S/c1-14-8-15(2)12-22(11-14)29(27,28)18-6-7-19(20(10-18)23(25)26)21-17-5-3-4-16(9-17)13-24/h3-7,9-10,14-15,21,24H,8,11-13H2,1-2H3/t14-,15+. The predicted octanol–water partition coefficient (Wildman–Crippen LogP) is 3.50. The first kappa shape index (κ1) is 21.2. The van der Waals surface area contributed by atoms with Crippen molar-refractivity contribution in [2.75, 3.05) is 18.4 Å². The van der Waals surface area contributed by atoms with Gasteiger partial charge >= 0.3 is 0 Å². The van der Waals surface area contributed by atoms with Crippen LogP contribution >= 0.6 is 0 Å². The van der Waals surface area contributed by atoms with Crippen molar-refractivity contribution in [1.29, 1.82) is 0 Å². The summed E-state index contributed by atoms with van der Waals surface area (Å²) in [6.07, 6.45) is 0.960. The summed E-state index contributed by atoms with van der Waals surface area (Å²) >= 11 is 0. The van der Waals surface area contributed by atoms with Gasteiger partial charge < -0.3 is 10.4 Å². The van der Waals surface area contributed by atoms with Gasteiger partial charge in [-0.05, 0) is 48.1 Å². The number of piperidine rings is 1. The van der Waals surface area contributed by atoms with Gasteiger partial charge in [-0.3, -0.25) is 10.1 Å². The number of nitro groups is 1. The molecule has 2 aromatic carbocycles. The van der Waals surface area contributed by atoms with Crippen molar-refractivity contribution in [2.24, 2.45) is 11.8 Å². The van der Waals surface area contributed by atoms with Crippen molar-refractivity contribution < 1.29 is 18.4 Å². The van der Waals surface area contributed by atoms with Crippen LogP contribution in [-0.2, 0) is 16.6 Å². The maximum Gasteiger partial charge on any atom is 0.294 e. The van der Waals surface area contributed by atoms with Gasteiger partial charge in [0.15, 0.2) is 0 Å². The Morgan fingerprint density at radius 3 is 2.48 bits per heavy atom. The molecule has 1 heterocycles. The Kier molecular flexibility index (Phi) is 6.21. The van der Waals surface area contributed by atoms with E-state index in [4.69, 9.17) is 0 Å². The minimum atomic E-state index is -3.82. The van der Waals surface area contributed by atoms with Crippen LogP contribution in [0, 0.1) is 22.0 Å². The summed E-state index contributed by atoms with van der Waals surface area (Å²) in [5, 5.41) is 23.8. The summed E-state index contributed by atoms with van der Waals surface area (Å²) in [6, 6.07) is 10.7. The fourth-order valence-corrected chi connectivity index (χ4v) is 5.48. The topological polar surface area (TPSA) is 113 Å². The van der Waals surface area contributed by atoms with E-state index in [1.54, 1.807) is 24.3 Å². The quantitative estimate of drug-likeness (QED) is 0.547. The van der Waals surface area contributed by atoms with Crippen molar-refractivity contribution in [3.05, 3.63) is 58.1 Å². The largest absolute Gasteiger partial charge is 0.392 e. The molecule has 2 atom stereocenters. The second-order valence-electron chi connectivity index (χ2n) is 7.69. The Balaban J connectivity index is 1.94. The van der Waals surface area contributed by atoms with Gasteiger partial charge in [-0.2, -0.15) is 4.31 Å². The Morgan fingerprint density at radius 2 is 1.86 bits per heavy atom. The van der Waals surface area contributed by atoms with Crippen LogP contribution in [0.15, 0.2) is 47.4 Å². The van der Waals surface area contributed by atoms with E-state index in [0.717, 1.165) is 12.5 Å². The number of aliphatic hydroxyl groups excluding tert-OH is 1. The van der Waals surface area contributed by atoms with Gasteiger partial charge in [0.05, 0.1) is 16.4 Å². The molecule has 156 valence electrons. The minimum Gasteiger partial charge on any atom is -0.392 e. The van der Waals surface area contributed by atoms with Crippen LogP contribution in [0.4, 0.5) is 17.1 Å². The first-order chi connectivity index (χ1) is 13.7. The Bertz CT molecular complexity index is 999. The zero-order valence-corrected chi connectivity index (χ0v) is 17.2. The molecule has 9 heteroatoms. The smallest absolute Gasteiger partial charge is 0.294 e. The maximum absolute atomic E-state index is 13.1. The molecule has 1 aliphatic rings. The van der Waals surface area contributed by atoms with Crippen LogP contribution in [0.1, 0.15) is 25.8 Å². The van der Waals surface area contributed by atoms with E-state index in [1.807, 2.05) is 13.8 Å². The van der Waals surface area contributed by atoms with Crippen molar-refractivity contribution in [2.45, 2.75) is 31.8 Å². The van der Waals surface area contributed by atoms with E-state index in [2.05, 4.69) is 5.32 Å². The van der Waals surface area contributed by atoms with Crippen LogP contribution < -0.4 is 5.32 Å². The molecule has 0 amide bonds. The molecule has 8 nitrogen and oxygen atoms in total. The summed E-state index contributed by atoms with van der Waals surface area (Å²) in [5.41, 5.74) is 1.09. The van der Waals surface area contributed by atoms with E-state index in [1.165, 1.54) is 16.4 Å². The number of anilines is 2. The number of hydrogen-bond acceptors (Lipinski definition) is 6. The van der Waals surface area contributed by atoms with Gasteiger partial charge in [0.1, 0.15) is 5.69 Å². The number of sulfonamides is 1. The van der Waals surface area contributed by atoms with Crippen molar-refractivity contribution in [3.8, 4) is 0 Å².